The Labute approximate surface area is 83.3 Å². The monoisotopic (exact) mass is 203 g/mol. The maximum atomic E-state index is 11.3. The Morgan fingerprint density at radius 3 is 2.36 bits per heavy atom. The fourth-order valence-electron chi connectivity index (χ4n) is 2.04. The first-order valence-electron chi connectivity index (χ1n) is 4.63. The van der Waals surface area contributed by atoms with Crippen LogP contribution in [0.4, 0.5) is 0 Å². The molecule has 1 aliphatic rings. The third-order valence-corrected chi connectivity index (χ3v) is 2.49. The summed E-state index contributed by atoms with van der Waals surface area (Å²) >= 11 is 0. The van der Waals surface area contributed by atoms with Gasteiger partial charge >= 0.3 is 0 Å². The van der Waals surface area contributed by atoms with Gasteiger partial charge in [0, 0.05) is 6.92 Å². The summed E-state index contributed by atoms with van der Waals surface area (Å²) in [6.07, 6.45) is -0.501. The molecule has 0 aromatic heterocycles. The van der Waals surface area contributed by atoms with E-state index in [0.717, 1.165) is 0 Å². The van der Waals surface area contributed by atoms with Crippen LogP contribution in [0.3, 0.4) is 0 Å². The zero-order valence-corrected chi connectivity index (χ0v) is 8.73. The van der Waals surface area contributed by atoms with Gasteiger partial charge in [0.1, 0.15) is 11.8 Å². The van der Waals surface area contributed by atoms with Crippen LogP contribution >= 0.6 is 0 Å². The summed E-state index contributed by atoms with van der Waals surface area (Å²) in [5.74, 6) is -0.162. The number of ether oxygens (including phenoxy) is 1. The van der Waals surface area contributed by atoms with Crippen molar-refractivity contribution >= 4 is 5.91 Å². The summed E-state index contributed by atoms with van der Waals surface area (Å²) in [4.78, 5) is 12.8. The van der Waals surface area contributed by atoms with Crippen molar-refractivity contribution in [3.63, 3.8) is 0 Å². The minimum Gasteiger partial charge on any atom is -0.394 e. The Bertz CT molecular complexity index is 229. The molecular weight excluding hydrogens is 186 g/mol. The van der Waals surface area contributed by atoms with Gasteiger partial charge in [0.05, 0.1) is 19.3 Å². The number of amides is 1. The van der Waals surface area contributed by atoms with Gasteiger partial charge in [0.2, 0.25) is 5.91 Å². The van der Waals surface area contributed by atoms with Crippen LogP contribution in [0.1, 0.15) is 20.8 Å². The third kappa shape index (κ3) is 1.75. The second-order valence-corrected chi connectivity index (χ2v) is 3.92. The zero-order valence-electron chi connectivity index (χ0n) is 8.73. The van der Waals surface area contributed by atoms with Crippen molar-refractivity contribution in [1.82, 2.24) is 4.90 Å². The maximum absolute atomic E-state index is 11.3. The normalized spacial score (nSPS) is 30.8. The summed E-state index contributed by atoms with van der Waals surface area (Å²) in [6.45, 7) is 4.51. The molecule has 1 heterocycles. The van der Waals surface area contributed by atoms with E-state index < -0.39 is 17.9 Å². The summed E-state index contributed by atoms with van der Waals surface area (Å²) in [7, 11) is 0. The average Bonchev–Trinajstić information content (AvgIpc) is 2.35. The molecule has 2 N–H and O–H groups in total. The first-order valence-corrected chi connectivity index (χ1v) is 4.63. The molecule has 0 aromatic rings. The highest BCUT2D eigenvalue weighted by Crippen LogP contribution is 2.31. The lowest BCUT2D eigenvalue weighted by molar-refractivity contribution is -0.146. The predicted molar refractivity (Wildman–Crippen MR) is 49.4 cm³/mol. The van der Waals surface area contributed by atoms with Gasteiger partial charge in [-0.05, 0) is 13.8 Å². The molecule has 0 spiro atoms. The summed E-state index contributed by atoms with van der Waals surface area (Å²) in [5, 5.41) is 18.2. The van der Waals surface area contributed by atoms with Crippen LogP contribution in [0.15, 0.2) is 0 Å². The minimum absolute atomic E-state index is 0.162. The van der Waals surface area contributed by atoms with E-state index in [4.69, 9.17) is 14.9 Å². The fraction of sp³-hybridized carbons (Fsp3) is 0.889. The molecule has 5 heteroatoms. The van der Waals surface area contributed by atoms with E-state index in [1.54, 1.807) is 13.8 Å². The van der Waals surface area contributed by atoms with E-state index in [-0.39, 0.29) is 19.1 Å². The lowest BCUT2D eigenvalue weighted by Crippen LogP contribution is -2.49. The number of hydrogen-bond acceptors (Lipinski definition) is 4. The van der Waals surface area contributed by atoms with Crippen molar-refractivity contribution in [2.45, 2.75) is 38.6 Å². The van der Waals surface area contributed by atoms with Crippen molar-refractivity contribution < 1.29 is 19.7 Å². The van der Waals surface area contributed by atoms with Gasteiger partial charge in [-0.1, -0.05) is 0 Å². The van der Waals surface area contributed by atoms with Gasteiger partial charge < -0.3 is 19.8 Å². The molecule has 0 saturated carbocycles. The highest BCUT2D eigenvalue weighted by Gasteiger charge is 2.47. The Morgan fingerprint density at radius 2 is 2.00 bits per heavy atom. The largest absolute Gasteiger partial charge is 0.394 e. The number of aliphatic hydroxyl groups excluding tert-OH is 2. The quantitative estimate of drug-likeness (QED) is 0.624. The van der Waals surface area contributed by atoms with E-state index in [1.165, 1.54) is 11.8 Å². The minimum atomic E-state index is -0.757. The maximum Gasteiger partial charge on any atom is 0.222 e. The molecule has 0 aromatic carbocycles. The molecule has 2 unspecified atom stereocenters. The lowest BCUT2D eigenvalue weighted by atomic mass is 10.1. The molecule has 1 saturated heterocycles. The van der Waals surface area contributed by atoms with E-state index >= 15 is 0 Å². The summed E-state index contributed by atoms with van der Waals surface area (Å²) in [6, 6.07) is -0.451. The van der Waals surface area contributed by atoms with Gasteiger partial charge in [0.15, 0.2) is 0 Å². The van der Waals surface area contributed by atoms with Gasteiger partial charge in [-0.3, -0.25) is 4.79 Å². The molecule has 82 valence electrons. The standard InChI is InChI=1S/C9H17NO4/c1-6(13)10-7(4-11)8(5-12)14-9(10,2)3/h7-8,11-12H,4-5H2,1-3H3. The van der Waals surface area contributed by atoms with Crippen LogP contribution < -0.4 is 0 Å². The molecule has 1 aliphatic heterocycles. The van der Waals surface area contributed by atoms with E-state index in [1.807, 2.05) is 0 Å². The van der Waals surface area contributed by atoms with Crippen molar-refractivity contribution in [2.24, 2.45) is 0 Å². The number of carbonyl (C=O) groups excluding carboxylic acids is 1. The van der Waals surface area contributed by atoms with Crippen molar-refractivity contribution in [3.05, 3.63) is 0 Å². The van der Waals surface area contributed by atoms with Crippen LogP contribution in [0, 0.1) is 0 Å². The fourth-order valence-corrected chi connectivity index (χ4v) is 2.04. The highest BCUT2D eigenvalue weighted by molar-refractivity contribution is 5.74. The number of hydrogen-bond donors (Lipinski definition) is 2. The average molecular weight is 203 g/mol. The molecule has 0 aliphatic carbocycles. The summed E-state index contributed by atoms with van der Waals surface area (Å²) < 4.78 is 5.47. The van der Waals surface area contributed by atoms with Crippen LogP contribution in [0.25, 0.3) is 0 Å². The summed E-state index contributed by atoms with van der Waals surface area (Å²) in [5.41, 5.74) is -0.757. The first-order chi connectivity index (χ1) is 6.44. The molecule has 0 bridgehead atoms. The Morgan fingerprint density at radius 1 is 1.43 bits per heavy atom. The molecule has 0 radical (unpaired) electrons. The van der Waals surface area contributed by atoms with Crippen molar-refractivity contribution in [3.8, 4) is 0 Å². The molecule has 14 heavy (non-hydrogen) atoms. The molecular formula is C9H17NO4. The number of carbonyl (C=O) groups is 1. The van der Waals surface area contributed by atoms with Gasteiger partial charge in [-0.25, -0.2) is 0 Å². The second kappa shape index (κ2) is 3.84. The van der Waals surface area contributed by atoms with Gasteiger partial charge in [-0.15, -0.1) is 0 Å². The second-order valence-electron chi connectivity index (χ2n) is 3.92. The molecule has 5 nitrogen and oxygen atoms in total. The Balaban J connectivity index is 2.92. The third-order valence-electron chi connectivity index (χ3n) is 2.49. The van der Waals surface area contributed by atoms with Gasteiger partial charge in [-0.2, -0.15) is 0 Å². The van der Waals surface area contributed by atoms with Crippen molar-refractivity contribution in [1.29, 1.82) is 0 Å². The van der Waals surface area contributed by atoms with Crippen LogP contribution in [0.5, 0.6) is 0 Å². The number of rotatable bonds is 2. The Kier molecular flexibility index (Phi) is 3.14. The zero-order chi connectivity index (χ0) is 10.9. The van der Waals surface area contributed by atoms with Crippen molar-refractivity contribution in [2.75, 3.05) is 13.2 Å². The SMILES string of the molecule is CC(=O)N1C(CO)C(CO)OC1(C)C. The first kappa shape index (κ1) is 11.4. The highest BCUT2D eigenvalue weighted by atomic mass is 16.6. The van der Waals surface area contributed by atoms with Crippen LogP contribution in [0.2, 0.25) is 0 Å². The molecule has 1 rings (SSSR count). The number of aliphatic hydroxyl groups is 2. The lowest BCUT2D eigenvalue weighted by Gasteiger charge is -2.31. The predicted octanol–water partition coefficient (Wildman–Crippen LogP) is -0.677. The number of nitrogens with zero attached hydrogens (tertiary/aromatic N) is 1. The molecule has 2 atom stereocenters. The molecule has 1 amide bonds. The topological polar surface area (TPSA) is 70.0 Å². The van der Waals surface area contributed by atoms with E-state index in [2.05, 4.69) is 0 Å². The molecule has 1 fully saturated rings. The van der Waals surface area contributed by atoms with E-state index in [0.29, 0.717) is 0 Å². The van der Waals surface area contributed by atoms with Crippen LogP contribution in [-0.2, 0) is 9.53 Å². The smallest absolute Gasteiger partial charge is 0.222 e. The Hall–Kier alpha value is -0.650. The van der Waals surface area contributed by atoms with Gasteiger partial charge in [0.25, 0.3) is 0 Å². The van der Waals surface area contributed by atoms with E-state index in [9.17, 15) is 4.79 Å². The van der Waals surface area contributed by atoms with Crippen LogP contribution in [-0.4, -0.2) is 52.1 Å².